The number of aryl methyl sites for hydroxylation is 2. The lowest BCUT2D eigenvalue weighted by Gasteiger charge is -2.13. The van der Waals surface area contributed by atoms with Crippen LogP contribution in [0.5, 0.6) is 5.75 Å². The summed E-state index contributed by atoms with van der Waals surface area (Å²) >= 11 is 0. The van der Waals surface area contributed by atoms with E-state index in [4.69, 9.17) is 4.74 Å². The normalized spacial score (nSPS) is 11.4. The molecule has 2 aromatic carbocycles. The van der Waals surface area contributed by atoms with E-state index in [1.54, 1.807) is 12.1 Å². The van der Waals surface area contributed by atoms with Crippen LogP contribution >= 0.6 is 0 Å². The van der Waals surface area contributed by atoms with E-state index in [-0.39, 0.29) is 23.8 Å². The second kappa shape index (κ2) is 8.33. The Kier molecular flexibility index (Phi) is 6.39. The van der Waals surface area contributed by atoms with E-state index in [0.717, 1.165) is 21.2 Å². The number of benzene rings is 2. The molecule has 0 aliphatic heterocycles. The molecule has 0 spiro atoms. The maximum Gasteiger partial charge on any atom is 0.242 e. The summed E-state index contributed by atoms with van der Waals surface area (Å²) in [5.74, 6) is 0.511. The van der Waals surface area contributed by atoms with Gasteiger partial charge in [0.2, 0.25) is 15.9 Å². The number of nitrogens with one attached hydrogen (secondary N) is 1. The zero-order valence-electron chi connectivity index (χ0n) is 15.4. The lowest BCUT2D eigenvalue weighted by atomic mass is 10.1. The number of anilines is 1. The second-order valence-electron chi connectivity index (χ2n) is 6.23. The van der Waals surface area contributed by atoms with Gasteiger partial charge in [-0.15, -0.1) is 0 Å². The van der Waals surface area contributed by atoms with Gasteiger partial charge in [0.1, 0.15) is 5.75 Å². The largest absolute Gasteiger partial charge is 0.493 e. The number of rotatable bonds is 7. The highest BCUT2D eigenvalue weighted by Crippen LogP contribution is 2.20. The highest BCUT2D eigenvalue weighted by atomic mass is 32.2. The summed E-state index contributed by atoms with van der Waals surface area (Å²) < 4.78 is 31.1. The number of hydrogen-bond donors (Lipinski definition) is 1. The van der Waals surface area contributed by atoms with E-state index < -0.39 is 10.0 Å². The summed E-state index contributed by atoms with van der Waals surface area (Å²) in [6.45, 7) is 4.21. The first-order chi connectivity index (χ1) is 12.2. The van der Waals surface area contributed by atoms with Crippen molar-refractivity contribution in [2.24, 2.45) is 0 Å². The highest BCUT2D eigenvalue weighted by molar-refractivity contribution is 7.89. The molecule has 0 aliphatic rings. The van der Waals surface area contributed by atoms with Gasteiger partial charge >= 0.3 is 0 Å². The fourth-order valence-corrected chi connectivity index (χ4v) is 3.33. The Morgan fingerprint density at radius 2 is 1.85 bits per heavy atom. The molecule has 0 saturated carbocycles. The summed E-state index contributed by atoms with van der Waals surface area (Å²) in [5.41, 5.74) is 2.61. The fraction of sp³-hybridized carbons (Fsp3) is 0.316. The number of sulfonamides is 1. The first-order valence-electron chi connectivity index (χ1n) is 8.22. The van der Waals surface area contributed by atoms with Crippen molar-refractivity contribution in [2.75, 3.05) is 26.0 Å². The molecule has 1 amide bonds. The monoisotopic (exact) mass is 376 g/mol. The van der Waals surface area contributed by atoms with E-state index >= 15 is 0 Å². The molecule has 0 aromatic heterocycles. The predicted octanol–water partition coefficient (Wildman–Crippen LogP) is 2.96. The van der Waals surface area contributed by atoms with Gasteiger partial charge in [0.05, 0.1) is 17.9 Å². The van der Waals surface area contributed by atoms with Crippen LogP contribution in [0.25, 0.3) is 0 Å². The van der Waals surface area contributed by atoms with Gasteiger partial charge < -0.3 is 10.1 Å². The van der Waals surface area contributed by atoms with Crippen molar-refractivity contribution in [1.82, 2.24) is 4.31 Å². The van der Waals surface area contributed by atoms with Crippen LogP contribution in [-0.4, -0.2) is 39.3 Å². The summed E-state index contributed by atoms with van der Waals surface area (Å²) in [7, 11) is -0.613. The summed E-state index contributed by atoms with van der Waals surface area (Å²) in [4.78, 5) is 12.2. The van der Waals surface area contributed by atoms with Crippen molar-refractivity contribution < 1.29 is 17.9 Å². The van der Waals surface area contributed by atoms with E-state index in [1.165, 1.54) is 26.2 Å². The highest BCUT2D eigenvalue weighted by Gasteiger charge is 2.17. The third-order valence-electron chi connectivity index (χ3n) is 3.81. The van der Waals surface area contributed by atoms with E-state index in [9.17, 15) is 13.2 Å². The molecule has 0 fully saturated rings. The van der Waals surface area contributed by atoms with Gasteiger partial charge in [0.25, 0.3) is 0 Å². The zero-order chi connectivity index (χ0) is 19.3. The maximum atomic E-state index is 12.1. The van der Waals surface area contributed by atoms with Crippen molar-refractivity contribution in [3.63, 3.8) is 0 Å². The summed E-state index contributed by atoms with van der Waals surface area (Å²) in [6, 6.07) is 12.0. The first kappa shape index (κ1) is 19.9. The van der Waals surface area contributed by atoms with Crippen molar-refractivity contribution in [2.45, 2.75) is 25.2 Å². The summed E-state index contributed by atoms with van der Waals surface area (Å²) in [6.07, 6.45) is 0.165. The van der Waals surface area contributed by atoms with Gasteiger partial charge in [-0.2, -0.15) is 0 Å². The average Bonchev–Trinajstić information content (AvgIpc) is 2.57. The number of nitrogens with zero attached hydrogens (tertiary/aromatic N) is 1. The molecule has 2 rings (SSSR count). The molecule has 0 bridgehead atoms. The smallest absolute Gasteiger partial charge is 0.242 e. The van der Waals surface area contributed by atoms with Crippen LogP contribution in [0, 0.1) is 13.8 Å². The van der Waals surface area contributed by atoms with Crippen LogP contribution < -0.4 is 10.1 Å². The molecular formula is C19H24N2O4S. The molecule has 7 heteroatoms. The topological polar surface area (TPSA) is 75.7 Å². The number of hydrogen-bond acceptors (Lipinski definition) is 4. The van der Waals surface area contributed by atoms with Crippen LogP contribution in [0.2, 0.25) is 0 Å². The van der Waals surface area contributed by atoms with Gasteiger partial charge in [-0.05, 0) is 43.7 Å². The number of carbonyl (C=O) groups excluding carboxylic acids is 1. The molecule has 0 atom stereocenters. The Morgan fingerprint density at radius 3 is 2.50 bits per heavy atom. The third kappa shape index (κ3) is 5.06. The Morgan fingerprint density at radius 1 is 1.12 bits per heavy atom. The van der Waals surface area contributed by atoms with Crippen LogP contribution in [0.15, 0.2) is 47.4 Å². The summed E-state index contributed by atoms with van der Waals surface area (Å²) in [5, 5.41) is 2.70. The van der Waals surface area contributed by atoms with Gasteiger partial charge in [0, 0.05) is 19.8 Å². The predicted molar refractivity (Wildman–Crippen MR) is 102 cm³/mol. The molecule has 0 heterocycles. The van der Waals surface area contributed by atoms with E-state index in [1.807, 2.05) is 32.0 Å². The van der Waals surface area contributed by atoms with Crippen molar-refractivity contribution in [3.8, 4) is 5.75 Å². The molecule has 0 radical (unpaired) electrons. The lowest BCUT2D eigenvalue weighted by molar-refractivity contribution is -0.116. The quantitative estimate of drug-likeness (QED) is 0.806. The first-order valence-corrected chi connectivity index (χ1v) is 9.66. The molecule has 1 N–H and O–H groups in total. The molecular weight excluding hydrogens is 352 g/mol. The van der Waals surface area contributed by atoms with Crippen LogP contribution in [0.1, 0.15) is 17.5 Å². The SMILES string of the molecule is Cc1ccc(OCCC(=O)Nc2cccc(S(=O)(=O)N(C)C)c2)c(C)c1. The average molecular weight is 376 g/mol. The molecule has 0 aliphatic carbocycles. The Hall–Kier alpha value is -2.38. The zero-order valence-corrected chi connectivity index (χ0v) is 16.3. The van der Waals surface area contributed by atoms with Crippen molar-refractivity contribution in [1.29, 1.82) is 0 Å². The van der Waals surface area contributed by atoms with Crippen molar-refractivity contribution >= 4 is 21.6 Å². The van der Waals surface area contributed by atoms with Gasteiger partial charge in [0.15, 0.2) is 0 Å². The lowest BCUT2D eigenvalue weighted by Crippen LogP contribution is -2.22. The fourth-order valence-electron chi connectivity index (χ4n) is 2.38. The second-order valence-corrected chi connectivity index (χ2v) is 8.38. The Labute approximate surface area is 154 Å². The number of amides is 1. The van der Waals surface area contributed by atoms with Crippen LogP contribution in [0.3, 0.4) is 0 Å². The molecule has 0 saturated heterocycles. The molecule has 26 heavy (non-hydrogen) atoms. The Bertz CT molecular complexity index is 892. The standard InChI is InChI=1S/C19H24N2O4S/c1-14-8-9-18(15(2)12-14)25-11-10-19(22)20-16-6-5-7-17(13-16)26(23,24)21(3)4/h5-9,12-13H,10-11H2,1-4H3,(H,20,22). The van der Waals surface area contributed by atoms with Gasteiger partial charge in [-0.1, -0.05) is 23.8 Å². The third-order valence-corrected chi connectivity index (χ3v) is 5.62. The molecule has 2 aromatic rings. The molecule has 6 nitrogen and oxygen atoms in total. The van der Waals surface area contributed by atoms with Crippen molar-refractivity contribution in [3.05, 3.63) is 53.6 Å². The van der Waals surface area contributed by atoms with Gasteiger partial charge in [-0.3, -0.25) is 4.79 Å². The van der Waals surface area contributed by atoms with E-state index in [0.29, 0.717) is 5.69 Å². The molecule has 0 unspecified atom stereocenters. The minimum absolute atomic E-state index is 0.131. The Balaban J connectivity index is 1.94. The molecule has 140 valence electrons. The van der Waals surface area contributed by atoms with Crippen LogP contribution in [-0.2, 0) is 14.8 Å². The minimum atomic E-state index is -3.54. The number of ether oxygens (including phenoxy) is 1. The maximum absolute atomic E-state index is 12.1. The van der Waals surface area contributed by atoms with Gasteiger partial charge in [-0.25, -0.2) is 12.7 Å². The minimum Gasteiger partial charge on any atom is -0.493 e. The van der Waals surface area contributed by atoms with Crippen LogP contribution in [0.4, 0.5) is 5.69 Å². The number of carbonyl (C=O) groups is 1. The van der Waals surface area contributed by atoms with E-state index in [2.05, 4.69) is 5.32 Å².